The standard InChI is InChI=1S/C22H31FN2O2/c1-16(2)22(27)25(15-19-9-11-20(23)12-10-19)17(3)21(26)24-14-13-18-7-5-4-6-8-18/h7,9-12,16-17H,4-6,8,13-15H2,1-3H3,(H,24,26)/t17-/m0/s1. The fraction of sp³-hybridized carbons (Fsp3) is 0.545. The highest BCUT2D eigenvalue weighted by Crippen LogP contribution is 2.19. The van der Waals surface area contributed by atoms with Gasteiger partial charge in [0.1, 0.15) is 11.9 Å². The molecule has 0 fully saturated rings. The first-order valence-corrected chi connectivity index (χ1v) is 9.89. The van der Waals surface area contributed by atoms with Gasteiger partial charge in [0.25, 0.3) is 0 Å². The molecule has 0 radical (unpaired) electrons. The number of nitrogens with one attached hydrogen (secondary N) is 1. The molecular formula is C22H31FN2O2. The largest absolute Gasteiger partial charge is 0.354 e. The van der Waals surface area contributed by atoms with Crippen LogP contribution in [0.4, 0.5) is 4.39 Å². The number of amides is 2. The molecule has 4 nitrogen and oxygen atoms in total. The summed E-state index contributed by atoms with van der Waals surface area (Å²) in [6.07, 6.45) is 7.88. The number of carbonyl (C=O) groups is 2. The van der Waals surface area contributed by atoms with Crippen molar-refractivity contribution in [3.63, 3.8) is 0 Å². The molecule has 0 saturated carbocycles. The molecule has 1 aromatic carbocycles. The lowest BCUT2D eigenvalue weighted by Crippen LogP contribution is -2.49. The number of allylic oxidation sites excluding steroid dienone is 1. The van der Waals surface area contributed by atoms with Gasteiger partial charge in [0.2, 0.25) is 11.8 Å². The lowest BCUT2D eigenvalue weighted by atomic mass is 9.97. The quantitative estimate of drug-likeness (QED) is 0.693. The van der Waals surface area contributed by atoms with Gasteiger partial charge in [-0.05, 0) is 56.7 Å². The third-order valence-corrected chi connectivity index (χ3v) is 5.02. The number of rotatable bonds is 8. The number of halogens is 1. The summed E-state index contributed by atoms with van der Waals surface area (Å²) in [7, 11) is 0. The minimum Gasteiger partial charge on any atom is -0.354 e. The molecule has 148 valence electrons. The van der Waals surface area contributed by atoms with Crippen molar-refractivity contribution in [3.8, 4) is 0 Å². The third-order valence-electron chi connectivity index (χ3n) is 5.02. The fourth-order valence-electron chi connectivity index (χ4n) is 3.29. The average molecular weight is 375 g/mol. The van der Waals surface area contributed by atoms with E-state index < -0.39 is 6.04 Å². The molecule has 0 saturated heterocycles. The molecule has 0 aromatic heterocycles. The minimum atomic E-state index is -0.578. The van der Waals surface area contributed by atoms with E-state index in [-0.39, 0.29) is 30.1 Å². The summed E-state index contributed by atoms with van der Waals surface area (Å²) in [4.78, 5) is 26.8. The van der Waals surface area contributed by atoms with Crippen LogP contribution in [0.3, 0.4) is 0 Å². The predicted molar refractivity (Wildman–Crippen MR) is 105 cm³/mol. The van der Waals surface area contributed by atoms with E-state index >= 15 is 0 Å². The first kappa shape index (κ1) is 21.1. The molecule has 0 heterocycles. The van der Waals surface area contributed by atoms with Crippen LogP contribution in [-0.2, 0) is 16.1 Å². The van der Waals surface area contributed by atoms with Gasteiger partial charge < -0.3 is 10.2 Å². The Labute approximate surface area is 161 Å². The van der Waals surface area contributed by atoms with Gasteiger partial charge in [-0.3, -0.25) is 9.59 Å². The first-order valence-electron chi connectivity index (χ1n) is 9.89. The van der Waals surface area contributed by atoms with Crippen LogP contribution < -0.4 is 5.32 Å². The van der Waals surface area contributed by atoms with E-state index in [1.807, 2.05) is 13.8 Å². The Kier molecular flexibility index (Phi) is 8.01. The van der Waals surface area contributed by atoms with E-state index in [4.69, 9.17) is 0 Å². The Morgan fingerprint density at radius 2 is 1.85 bits per heavy atom. The molecule has 0 aliphatic heterocycles. The fourth-order valence-corrected chi connectivity index (χ4v) is 3.29. The van der Waals surface area contributed by atoms with Crippen LogP contribution in [-0.4, -0.2) is 29.3 Å². The Morgan fingerprint density at radius 1 is 1.15 bits per heavy atom. The van der Waals surface area contributed by atoms with Crippen LogP contribution in [0, 0.1) is 11.7 Å². The molecule has 0 unspecified atom stereocenters. The van der Waals surface area contributed by atoms with Crippen molar-refractivity contribution in [2.24, 2.45) is 5.92 Å². The van der Waals surface area contributed by atoms with Crippen molar-refractivity contribution in [2.45, 2.75) is 65.5 Å². The van der Waals surface area contributed by atoms with Gasteiger partial charge in [-0.15, -0.1) is 0 Å². The van der Waals surface area contributed by atoms with Crippen LogP contribution in [0.5, 0.6) is 0 Å². The summed E-state index contributed by atoms with van der Waals surface area (Å²) in [6, 6.07) is 5.46. The molecule has 2 amide bonds. The number of benzene rings is 1. The minimum absolute atomic E-state index is 0.0861. The van der Waals surface area contributed by atoms with E-state index in [0.717, 1.165) is 24.8 Å². The number of nitrogens with zero attached hydrogens (tertiary/aromatic N) is 1. The smallest absolute Gasteiger partial charge is 0.242 e. The van der Waals surface area contributed by atoms with Crippen LogP contribution in [0.15, 0.2) is 35.9 Å². The van der Waals surface area contributed by atoms with Gasteiger partial charge in [-0.25, -0.2) is 4.39 Å². The lowest BCUT2D eigenvalue weighted by molar-refractivity contribution is -0.143. The van der Waals surface area contributed by atoms with E-state index in [2.05, 4.69) is 11.4 Å². The van der Waals surface area contributed by atoms with Gasteiger partial charge in [-0.1, -0.05) is 37.6 Å². The number of hydrogen-bond donors (Lipinski definition) is 1. The predicted octanol–water partition coefficient (Wildman–Crippen LogP) is 4.21. The summed E-state index contributed by atoms with van der Waals surface area (Å²) >= 11 is 0. The van der Waals surface area contributed by atoms with Gasteiger partial charge in [0.05, 0.1) is 0 Å². The lowest BCUT2D eigenvalue weighted by Gasteiger charge is -2.30. The molecule has 1 aliphatic rings. The molecule has 1 N–H and O–H groups in total. The highest BCUT2D eigenvalue weighted by Gasteiger charge is 2.27. The average Bonchev–Trinajstić information content (AvgIpc) is 2.67. The molecule has 1 aliphatic carbocycles. The second-order valence-corrected chi connectivity index (χ2v) is 7.57. The third kappa shape index (κ3) is 6.49. The monoisotopic (exact) mass is 374 g/mol. The van der Waals surface area contributed by atoms with E-state index in [1.165, 1.54) is 30.5 Å². The summed E-state index contributed by atoms with van der Waals surface area (Å²) in [5, 5.41) is 2.97. The normalized spacial score (nSPS) is 15.2. The zero-order valence-corrected chi connectivity index (χ0v) is 16.6. The highest BCUT2D eigenvalue weighted by molar-refractivity contribution is 5.88. The summed E-state index contributed by atoms with van der Waals surface area (Å²) in [6.45, 7) is 6.27. The molecule has 5 heteroatoms. The maximum atomic E-state index is 13.1. The number of hydrogen-bond acceptors (Lipinski definition) is 2. The maximum absolute atomic E-state index is 13.1. The van der Waals surface area contributed by atoms with Crippen molar-refractivity contribution in [1.29, 1.82) is 0 Å². The van der Waals surface area contributed by atoms with Gasteiger partial charge in [-0.2, -0.15) is 0 Å². The van der Waals surface area contributed by atoms with Crippen molar-refractivity contribution in [2.75, 3.05) is 6.54 Å². The topological polar surface area (TPSA) is 49.4 Å². The summed E-state index contributed by atoms with van der Waals surface area (Å²) in [5.74, 6) is -0.768. The zero-order chi connectivity index (χ0) is 19.8. The Balaban J connectivity index is 1.97. The maximum Gasteiger partial charge on any atom is 0.242 e. The van der Waals surface area contributed by atoms with E-state index in [9.17, 15) is 14.0 Å². The molecule has 0 spiro atoms. The first-order chi connectivity index (χ1) is 12.9. The molecule has 1 aromatic rings. The second kappa shape index (κ2) is 10.2. The van der Waals surface area contributed by atoms with E-state index in [0.29, 0.717) is 6.54 Å². The van der Waals surface area contributed by atoms with Crippen LogP contribution in [0.1, 0.15) is 58.4 Å². The summed E-state index contributed by atoms with van der Waals surface area (Å²) in [5.41, 5.74) is 2.22. The zero-order valence-electron chi connectivity index (χ0n) is 16.6. The molecular weight excluding hydrogens is 343 g/mol. The molecule has 1 atom stereocenters. The molecule has 0 bridgehead atoms. The van der Waals surface area contributed by atoms with Gasteiger partial charge in [0.15, 0.2) is 0 Å². The second-order valence-electron chi connectivity index (χ2n) is 7.57. The SMILES string of the molecule is CC(C)C(=O)N(Cc1ccc(F)cc1)[C@@H](C)C(=O)NCCC1=CCCCC1. The van der Waals surface area contributed by atoms with Crippen molar-refractivity contribution < 1.29 is 14.0 Å². The van der Waals surface area contributed by atoms with Crippen molar-refractivity contribution in [1.82, 2.24) is 10.2 Å². The van der Waals surface area contributed by atoms with E-state index in [1.54, 1.807) is 24.0 Å². The molecule has 2 rings (SSSR count). The molecule has 27 heavy (non-hydrogen) atoms. The Bertz CT molecular complexity index is 667. The number of carbonyl (C=O) groups excluding carboxylic acids is 2. The Morgan fingerprint density at radius 3 is 2.44 bits per heavy atom. The van der Waals surface area contributed by atoms with Crippen molar-refractivity contribution in [3.05, 3.63) is 47.3 Å². The van der Waals surface area contributed by atoms with Crippen LogP contribution >= 0.6 is 0 Å². The Hall–Kier alpha value is -2.17. The van der Waals surface area contributed by atoms with Gasteiger partial charge in [0, 0.05) is 19.0 Å². The highest BCUT2D eigenvalue weighted by atomic mass is 19.1. The van der Waals surface area contributed by atoms with Crippen molar-refractivity contribution >= 4 is 11.8 Å². The van der Waals surface area contributed by atoms with Crippen LogP contribution in [0.25, 0.3) is 0 Å². The summed E-state index contributed by atoms with van der Waals surface area (Å²) < 4.78 is 13.1. The van der Waals surface area contributed by atoms with Crippen LogP contribution in [0.2, 0.25) is 0 Å². The van der Waals surface area contributed by atoms with Gasteiger partial charge >= 0.3 is 0 Å².